The number of aliphatic hydroxyl groups is 15. The molecule has 27 N–H and O–H groups in total. The number of carboxylic acid groups (broad SMARTS) is 3. The van der Waals surface area contributed by atoms with E-state index < -0.39 is 296 Å². The largest absolute Gasteiger partial charge is 0.481 e. The number of rotatable bonds is 47. The average Bonchev–Trinajstić information content (AvgIpc) is 4.33. The van der Waals surface area contributed by atoms with E-state index in [0.717, 1.165) is 0 Å². The highest BCUT2D eigenvalue weighted by Gasteiger charge is 2.40. The van der Waals surface area contributed by atoms with E-state index in [2.05, 4.69) is 55.2 Å². The van der Waals surface area contributed by atoms with Crippen LogP contribution in [-0.2, 0) is 57.5 Å². The monoisotopic (exact) mass is 1310 g/mol. The number of carboxylic acids is 3. The molecule has 20 atom stereocenters. The minimum Gasteiger partial charge on any atom is -0.481 e. The van der Waals surface area contributed by atoms with Crippen LogP contribution in [0.25, 0.3) is 0 Å². The number of hydrogen-bond acceptors (Lipinski definition) is 29. The Balaban J connectivity index is 3.70. The molecule has 0 bridgehead atoms. The van der Waals surface area contributed by atoms with Crippen molar-refractivity contribution >= 4 is 77.8 Å². The first-order valence-corrected chi connectivity index (χ1v) is 28.3. The fourth-order valence-electron chi connectivity index (χ4n) is 7.81. The van der Waals surface area contributed by atoms with E-state index in [0.29, 0.717) is 0 Å². The zero-order valence-electron chi connectivity index (χ0n) is 48.0. The molecule has 1 heterocycles. The number of aliphatic hydroxyl groups excluding tert-OH is 15. The van der Waals surface area contributed by atoms with E-state index in [9.17, 15) is 129 Å². The van der Waals surface area contributed by atoms with E-state index in [1.165, 1.54) is 0 Å². The van der Waals surface area contributed by atoms with Crippen molar-refractivity contribution in [1.82, 2.24) is 47.9 Å². The highest BCUT2D eigenvalue weighted by molar-refractivity contribution is 7.80. The van der Waals surface area contributed by atoms with Gasteiger partial charge in [-0.15, -0.1) is 0 Å². The molecule has 2 unspecified atom stereocenters. The molecule has 1 saturated heterocycles. The van der Waals surface area contributed by atoms with Crippen molar-refractivity contribution in [3.8, 4) is 0 Å². The molecule has 1 aliphatic rings. The third-order valence-electron chi connectivity index (χ3n) is 13.5. The van der Waals surface area contributed by atoms with Crippen LogP contribution in [0.2, 0.25) is 0 Å². The second-order valence-electron chi connectivity index (χ2n) is 20.6. The Morgan fingerprint density at radius 2 is 0.618 bits per heavy atom. The predicted molar refractivity (Wildman–Crippen MR) is 296 cm³/mol. The van der Waals surface area contributed by atoms with Crippen molar-refractivity contribution in [3.05, 3.63) is 0 Å². The van der Waals surface area contributed by atoms with Crippen molar-refractivity contribution in [1.29, 1.82) is 0 Å². The lowest BCUT2D eigenvalue weighted by molar-refractivity contribution is -0.142. The van der Waals surface area contributed by atoms with Crippen molar-refractivity contribution in [2.75, 3.05) is 45.2 Å². The summed E-state index contributed by atoms with van der Waals surface area (Å²) in [5.74, 6) is -14.9. The van der Waals surface area contributed by atoms with Crippen LogP contribution in [0.5, 0.6) is 0 Å². The SMILES string of the molecule is CC1OC1N[C@@H](CCC(=O)NC[C@H](O)[C@@H](O)[C@H](O)[C@H](O)CO)C(=O)N[C@@H](CCC(=O)O)C(=O)N[C@@H](CCC(=O)NC[C@H](O)[C@@H](O)[C@H](O)[C@H](O)CO)C(=O)N[C@@H](CCC(=O)O)C(=O)N[C@@H](CCC(=O)NC[C@H](O)[C@@H](O)[C@H](O)[C@H](O)CO)C(=O)N[C@@H](CS)C(=O)O. The van der Waals surface area contributed by atoms with Crippen LogP contribution >= 0.6 is 12.6 Å². The van der Waals surface area contributed by atoms with E-state index in [1.54, 1.807) is 6.92 Å². The molecule has 0 spiro atoms. The lowest BCUT2D eigenvalue weighted by atomic mass is 10.0. The van der Waals surface area contributed by atoms with E-state index in [1.807, 2.05) is 5.32 Å². The Bertz CT molecular complexity index is 2300. The summed E-state index contributed by atoms with van der Waals surface area (Å²) in [5, 5.41) is 196. The Kier molecular flexibility index (Phi) is 37.5. The molecule has 40 heteroatoms. The van der Waals surface area contributed by atoms with Gasteiger partial charge in [-0.25, -0.2) is 4.79 Å². The summed E-state index contributed by atoms with van der Waals surface area (Å²) in [6.07, 6.45) is -33.0. The summed E-state index contributed by atoms with van der Waals surface area (Å²) < 4.78 is 5.32. The van der Waals surface area contributed by atoms with Crippen LogP contribution in [0.4, 0.5) is 0 Å². The second kappa shape index (κ2) is 41.3. The molecule has 0 aromatic rings. The Morgan fingerprint density at radius 3 is 0.854 bits per heavy atom. The summed E-state index contributed by atoms with van der Waals surface area (Å²) in [6.45, 7) is -3.89. The number of nitrogens with one attached hydrogen (secondary N) is 9. The van der Waals surface area contributed by atoms with Crippen molar-refractivity contribution in [3.63, 3.8) is 0 Å². The number of carbonyl (C=O) groups excluding carboxylic acids is 8. The van der Waals surface area contributed by atoms with Gasteiger partial charge in [0.15, 0.2) is 0 Å². The summed E-state index contributed by atoms with van der Waals surface area (Å²) in [7, 11) is 0. The third kappa shape index (κ3) is 30.0. The number of aliphatic carboxylic acids is 3. The summed E-state index contributed by atoms with van der Waals surface area (Å²) in [6, 6.07) is -11.2. The van der Waals surface area contributed by atoms with Crippen molar-refractivity contribution < 1.29 is 149 Å². The highest BCUT2D eigenvalue weighted by atomic mass is 32.1. The van der Waals surface area contributed by atoms with Gasteiger partial charge in [0.1, 0.15) is 91.4 Å². The number of hydrogen-bond donors (Lipinski definition) is 28. The lowest BCUT2D eigenvalue weighted by Gasteiger charge is -2.27. The molecule has 89 heavy (non-hydrogen) atoms. The van der Waals surface area contributed by atoms with Crippen molar-refractivity contribution in [2.24, 2.45) is 0 Å². The molecule has 39 nitrogen and oxygen atoms in total. The molecule has 0 aromatic carbocycles. The normalized spacial score (nSPS) is 19.9. The number of carbonyl (C=O) groups is 11. The first-order valence-electron chi connectivity index (χ1n) is 27.6. The number of ether oxygens (including phenoxy) is 1. The quantitative estimate of drug-likeness (QED) is 0.0199. The van der Waals surface area contributed by atoms with Gasteiger partial charge in [-0.3, -0.25) is 53.3 Å². The topological polar surface area (TPSA) is 673 Å². The van der Waals surface area contributed by atoms with Crippen LogP contribution in [0, 0.1) is 0 Å². The summed E-state index contributed by atoms with van der Waals surface area (Å²) in [5.41, 5.74) is 0. The first kappa shape index (κ1) is 80.9. The molecule has 512 valence electrons. The minimum absolute atomic E-state index is 0.431. The van der Waals surface area contributed by atoms with Crippen LogP contribution in [0.1, 0.15) is 71.1 Å². The maximum absolute atomic E-state index is 14.4. The van der Waals surface area contributed by atoms with Gasteiger partial charge >= 0.3 is 17.9 Å². The maximum atomic E-state index is 14.4. The molecule has 0 aromatic heterocycles. The van der Waals surface area contributed by atoms with Gasteiger partial charge in [0.25, 0.3) is 0 Å². The Hall–Kier alpha value is -6.16. The van der Waals surface area contributed by atoms with Gasteiger partial charge in [-0.05, 0) is 39.0 Å². The zero-order valence-corrected chi connectivity index (χ0v) is 48.9. The van der Waals surface area contributed by atoms with Gasteiger partial charge in [0, 0.05) is 57.5 Å². The number of epoxide rings is 1. The second-order valence-corrected chi connectivity index (χ2v) is 21.0. The Morgan fingerprint density at radius 1 is 0.382 bits per heavy atom. The van der Waals surface area contributed by atoms with Gasteiger partial charge in [-0.2, -0.15) is 12.6 Å². The third-order valence-corrected chi connectivity index (χ3v) is 13.9. The molecule has 1 rings (SSSR count). The zero-order chi connectivity index (χ0) is 68.0. The Labute approximate surface area is 512 Å². The maximum Gasteiger partial charge on any atom is 0.327 e. The van der Waals surface area contributed by atoms with Crippen molar-refractivity contribution in [2.45, 2.75) is 193 Å². The van der Waals surface area contributed by atoms with Crippen LogP contribution in [0.3, 0.4) is 0 Å². The molecule has 0 radical (unpaired) electrons. The van der Waals surface area contributed by atoms with E-state index >= 15 is 0 Å². The van der Waals surface area contributed by atoms with Gasteiger partial charge in [0.2, 0.25) is 47.3 Å². The van der Waals surface area contributed by atoms with E-state index in [-0.39, 0.29) is 0 Å². The van der Waals surface area contributed by atoms with Gasteiger partial charge in [-0.1, -0.05) is 0 Å². The highest BCUT2D eigenvalue weighted by Crippen LogP contribution is 2.20. The standard InChI is InChI=1S/C49H85N9O30S/c1-19-48(88-19)58-24(4-9-34(70)52-14-28(64)39(77)42(80)31(67)17-61)47(85)56-23(6-11-36(73)74)45(83)53-20(2-7-32(68)50-12-26(62)37(75)40(78)29(65)15-59)43(81)55-22(5-10-35(71)72)44(82)54-21(46(84)57-25(18-89)49(86)87)3-8-33(69)51-13-27(63)38(76)41(79)30(66)16-60/h19-31,37-42,48,58-67,75-80,89H,2-18H2,1H3,(H,50,68)(H,51,69)(H,52,70)(H,53,83)(H,54,82)(H,55,81)(H,56,85)(H,57,84)(H,71,72)(H,73,74)(H,86,87)/t19?,20-,21-,22-,23-,24-,25-,26-,27-,28-,29+,30+,31+,37+,38+,39+,40+,41+,42+,48?/m0/s1. The first-order chi connectivity index (χ1) is 41.6. The molecular weight excluding hydrogens is 1230 g/mol. The van der Waals surface area contributed by atoms with Crippen LogP contribution in [0.15, 0.2) is 0 Å². The molecule has 1 fully saturated rings. The fourth-order valence-corrected chi connectivity index (χ4v) is 8.05. The molecule has 1 aliphatic heterocycles. The van der Waals surface area contributed by atoms with Gasteiger partial charge < -0.3 is 139 Å². The summed E-state index contributed by atoms with van der Waals surface area (Å²) in [4.78, 5) is 145. The average molecular weight is 1310 g/mol. The molecular formula is C49H85N9O30S. The smallest absolute Gasteiger partial charge is 0.327 e. The number of amides is 8. The van der Waals surface area contributed by atoms with Crippen LogP contribution in [-0.4, -0.2) is 324 Å². The van der Waals surface area contributed by atoms with Gasteiger partial charge in [0.05, 0.1) is 50.3 Å². The number of thiol groups is 1. The molecule has 0 aliphatic carbocycles. The fraction of sp³-hybridized carbons (Fsp3) is 0.776. The lowest BCUT2D eigenvalue weighted by Crippen LogP contribution is -2.59. The summed E-state index contributed by atoms with van der Waals surface area (Å²) >= 11 is 3.86. The van der Waals surface area contributed by atoms with E-state index in [4.69, 9.17) is 20.1 Å². The van der Waals surface area contributed by atoms with Crippen LogP contribution < -0.4 is 47.9 Å². The minimum atomic E-state index is -2.16. The molecule has 8 amide bonds. The molecule has 0 saturated carbocycles. The predicted octanol–water partition coefficient (Wildman–Crippen LogP) is -14.1.